The van der Waals surface area contributed by atoms with E-state index in [0.29, 0.717) is 34.7 Å². The number of nitro groups is 1. The second-order valence-corrected chi connectivity index (χ2v) is 9.00. The van der Waals surface area contributed by atoms with Crippen LogP contribution in [0.3, 0.4) is 0 Å². The Morgan fingerprint density at radius 3 is 2.64 bits per heavy atom. The molecule has 0 aromatic heterocycles. The molecule has 1 heterocycles. The lowest BCUT2D eigenvalue weighted by Crippen LogP contribution is -2.06. The van der Waals surface area contributed by atoms with Crippen molar-refractivity contribution >= 4 is 51.2 Å². The van der Waals surface area contributed by atoms with E-state index < -0.39 is 10.9 Å². The Morgan fingerprint density at radius 1 is 1.17 bits per heavy atom. The molecule has 1 aliphatic heterocycles. The Hall–Kier alpha value is -3.69. The highest BCUT2D eigenvalue weighted by Gasteiger charge is 2.27. The largest absolute Gasteiger partial charge is 0.490 e. The molecular weight excluding hydrogens is 552 g/mol. The van der Waals surface area contributed by atoms with Crippen molar-refractivity contribution in [3.63, 3.8) is 0 Å². The number of aryl methyl sites for hydroxylation is 1. The maximum absolute atomic E-state index is 12.5. The number of nitrogens with zero attached hydrogens (tertiary/aromatic N) is 2. The van der Waals surface area contributed by atoms with E-state index in [1.165, 1.54) is 18.2 Å². The molecule has 0 radical (unpaired) electrons. The van der Waals surface area contributed by atoms with Crippen LogP contribution in [-0.4, -0.2) is 23.4 Å². The molecule has 0 spiro atoms. The lowest BCUT2D eigenvalue weighted by Gasteiger charge is -2.15. The van der Waals surface area contributed by atoms with E-state index in [0.717, 1.165) is 11.1 Å². The molecule has 184 valence electrons. The van der Waals surface area contributed by atoms with Crippen LogP contribution in [0.4, 0.5) is 5.69 Å². The molecular formula is C26H20BrClN2O6. The molecule has 0 amide bonds. The lowest BCUT2D eigenvalue weighted by atomic mass is 10.1. The predicted molar refractivity (Wildman–Crippen MR) is 140 cm³/mol. The third-order valence-corrected chi connectivity index (χ3v) is 6.18. The third kappa shape index (κ3) is 5.58. The molecule has 3 aromatic rings. The SMILES string of the molecule is CCOc1cc(/C=C2\N=C(c3ccc([N+](=O)[O-])cc3Cl)OC2=O)cc(Br)c1OCc1ccccc1C. The Morgan fingerprint density at radius 2 is 1.94 bits per heavy atom. The summed E-state index contributed by atoms with van der Waals surface area (Å²) in [6.07, 6.45) is 1.55. The summed E-state index contributed by atoms with van der Waals surface area (Å²) in [6, 6.07) is 15.3. The van der Waals surface area contributed by atoms with Gasteiger partial charge in [0, 0.05) is 12.1 Å². The number of nitro benzene ring substituents is 1. The van der Waals surface area contributed by atoms with Gasteiger partial charge >= 0.3 is 5.97 Å². The Labute approximate surface area is 220 Å². The number of carbonyl (C=O) groups excluding carboxylic acids is 1. The van der Waals surface area contributed by atoms with Crippen LogP contribution in [-0.2, 0) is 16.1 Å². The molecule has 10 heteroatoms. The number of carbonyl (C=O) groups is 1. The van der Waals surface area contributed by atoms with Crippen LogP contribution in [0.2, 0.25) is 5.02 Å². The molecule has 3 aromatic carbocycles. The maximum atomic E-state index is 12.5. The van der Waals surface area contributed by atoms with Crippen LogP contribution >= 0.6 is 27.5 Å². The van der Waals surface area contributed by atoms with Gasteiger partial charge in [-0.25, -0.2) is 9.79 Å². The molecule has 0 unspecified atom stereocenters. The monoisotopic (exact) mass is 570 g/mol. The van der Waals surface area contributed by atoms with Gasteiger partial charge < -0.3 is 14.2 Å². The van der Waals surface area contributed by atoms with Crippen molar-refractivity contribution in [3.8, 4) is 11.5 Å². The molecule has 0 bridgehead atoms. The van der Waals surface area contributed by atoms with Gasteiger partial charge in [0.2, 0.25) is 5.90 Å². The highest BCUT2D eigenvalue weighted by atomic mass is 79.9. The van der Waals surface area contributed by atoms with E-state index >= 15 is 0 Å². The van der Waals surface area contributed by atoms with Crippen molar-refractivity contribution in [2.75, 3.05) is 6.61 Å². The molecule has 0 atom stereocenters. The number of esters is 1. The highest BCUT2D eigenvalue weighted by Crippen LogP contribution is 2.38. The fraction of sp³-hybridized carbons (Fsp3) is 0.154. The van der Waals surface area contributed by atoms with Crippen molar-refractivity contribution in [1.29, 1.82) is 0 Å². The quantitative estimate of drug-likeness (QED) is 0.130. The Balaban J connectivity index is 1.63. The van der Waals surface area contributed by atoms with E-state index in [1.807, 2.05) is 38.1 Å². The standard InChI is InChI=1S/C26H20BrClN2O6/c1-3-34-23-12-16(10-20(27)24(23)35-14-17-7-5-4-6-15(17)2)11-22-26(31)36-25(29-22)19-9-8-18(30(32)33)13-21(19)28/h4-13H,3,14H2,1-2H3/b22-11-. The fourth-order valence-electron chi connectivity index (χ4n) is 3.47. The zero-order valence-electron chi connectivity index (χ0n) is 19.3. The second kappa shape index (κ2) is 10.9. The number of benzene rings is 3. The molecule has 4 rings (SSSR count). The number of hydrogen-bond acceptors (Lipinski definition) is 7. The summed E-state index contributed by atoms with van der Waals surface area (Å²) in [4.78, 5) is 27.1. The molecule has 1 aliphatic rings. The van der Waals surface area contributed by atoms with Crippen LogP contribution in [0.25, 0.3) is 6.08 Å². The molecule has 0 fully saturated rings. The van der Waals surface area contributed by atoms with Crippen molar-refractivity contribution in [2.24, 2.45) is 4.99 Å². The normalized spacial score (nSPS) is 13.9. The number of halogens is 2. The summed E-state index contributed by atoms with van der Waals surface area (Å²) in [5, 5.41) is 11.0. The van der Waals surface area contributed by atoms with Crippen LogP contribution < -0.4 is 9.47 Å². The number of rotatable bonds is 8. The van der Waals surface area contributed by atoms with E-state index in [2.05, 4.69) is 20.9 Å². The first kappa shape index (κ1) is 25.4. The van der Waals surface area contributed by atoms with Gasteiger partial charge in [0.25, 0.3) is 5.69 Å². The minimum atomic E-state index is -0.673. The summed E-state index contributed by atoms with van der Waals surface area (Å²) >= 11 is 9.70. The molecule has 0 aliphatic carbocycles. The van der Waals surface area contributed by atoms with Gasteiger partial charge in [-0.1, -0.05) is 35.9 Å². The fourth-order valence-corrected chi connectivity index (χ4v) is 4.30. The Bertz CT molecular complexity index is 1420. The summed E-state index contributed by atoms with van der Waals surface area (Å²) in [6.45, 7) is 4.66. The first-order chi connectivity index (χ1) is 17.3. The van der Waals surface area contributed by atoms with Gasteiger partial charge in [-0.2, -0.15) is 0 Å². The first-order valence-corrected chi connectivity index (χ1v) is 12.0. The van der Waals surface area contributed by atoms with Crippen molar-refractivity contribution < 1.29 is 23.9 Å². The molecule has 0 saturated carbocycles. The van der Waals surface area contributed by atoms with Crippen molar-refractivity contribution in [2.45, 2.75) is 20.5 Å². The summed E-state index contributed by atoms with van der Waals surface area (Å²) in [5.74, 6) is 0.334. The summed E-state index contributed by atoms with van der Waals surface area (Å²) in [7, 11) is 0. The van der Waals surface area contributed by atoms with Crippen molar-refractivity contribution in [3.05, 3.63) is 102 Å². The average molecular weight is 572 g/mol. The predicted octanol–water partition coefficient (Wildman–Crippen LogP) is 6.64. The van der Waals surface area contributed by atoms with Gasteiger partial charge in [0.05, 0.1) is 26.6 Å². The van der Waals surface area contributed by atoms with Crippen LogP contribution in [0, 0.1) is 17.0 Å². The number of aliphatic imine (C=N–C) groups is 1. The molecule has 0 saturated heterocycles. The van der Waals surface area contributed by atoms with Crippen molar-refractivity contribution in [1.82, 2.24) is 0 Å². The number of non-ortho nitro benzene ring substituents is 1. The Kier molecular flexibility index (Phi) is 7.71. The molecule has 8 nitrogen and oxygen atoms in total. The summed E-state index contributed by atoms with van der Waals surface area (Å²) in [5.41, 5.74) is 2.94. The van der Waals surface area contributed by atoms with Gasteiger partial charge in [-0.15, -0.1) is 0 Å². The van der Waals surface area contributed by atoms with Gasteiger partial charge in [0.15, 0.2) is 17.2 Å². The zero-order chi connectivity index (χ0) is 25.8. The topological polar surface area (TPSA) is 100 Å². The van der Waals surface area contributed by atoms with Gasteiger partial charge in [-0.05, 0) is 70.7 Å². The second-order valence-electron chi connectivity index (χ2n) is 7.74. The van der Waals surface area contributed by atoms with E-state index in [4.69, 9.17) is 25.8 Å². The number of hydrogen-bond donors (Lipinski definition) is 0. The van der Waals surface area contributed by atoms with Crippen LogP contribution in [0.5, 0.6) is 11.5 Å². The smallest absolute Gasteiger partial charge is 0.363 e. The van der Waals surface area contributed by atoms with Gasteiger partial charge in [-0.3, -0.25) is 10.1 Å². The van der Waals surface area contributed by atoms with E-state index in [1.54, 1.807) is 18.2 Å². The minimum Gasteiger partial charge on any atom is -0.490 e. The zero-order valence-corrected chi connectivity index (χ0v) is 21.6. The van der Waals surface area contributed by atoms with E-state index in [-0.39, 0.29) is 27.9 Å². The number of ether oxygens (including phenoxy) is 3. The maximum Gasteiger partial charge on any atom is 0.363 e. The van der Waals surface area contributed by atoms with Crippen LogP contribution in [0.15, 0.2) is 69.8 Å². The minimum absolute atomic E-state index is 0.0339. The average Bonchev–Trinajstić information content (AvgIpc) is 3.19. The number of cyclic esters (lactones) is 1. The van der Waals surface area contributed by atoms with E-state index in [9.17, 15) is 14.9 Å². The van der Waals surface area contributed by atoms with Crippen LogP contribution in [0.1, 0.15) is 29.2 Å². The highest BCUT2D eigenvalue weighted by molar-refractivity contribution is 9.10. The third-order valence-electron chi connectivity index (χ3n) is 5.28. The lowest BCUT2D eigenvalue weighted by molar-refractivity contribution is -0.384. The van der Waals surface area contributed by atoms with Gasteiger partial charge in [0.1, 0.15) is 6.61 Å². The molecule has 0 N–H and O–H groups in total. The first-order valence-electron chi connectivity index (χ1n) is 10.9. The molecule has 36 heavy (non-hydrogen) atoms. The summed E-state index contributed by atoms with van der Waals surface area (Å²) < 4.78 is 17.8.